The Morgan fingerprint density at radius 3 is 2.55 bits per heavy atom. The second-order valence-electron chi connectivity index (χ2n) is 9.56. The summed E-state index contributed by atoms with van der Waals surface area (Å²) in [6, 6.07) is 17.0. The highest BCUT2D eigenvalue weighted by molar-refractivity contribution is 5.56. The molecular formula is C27H31FN4O. The lowest BCUT2D eigenvalue weighted by Gasteiger charge is -2.40. The number of rotatable bonds is 6. The smallest absolute Gasteiger partial charge is 0.258 e. The third-order valence-electron chi connectivity index (χ3n) is 7.63. The lowest BCUT2D eigenvalue weighted by atomic mass is 9.64. The van der Waals surface area contributed by atoms with Crippen LogP contribution in [0.5, 0.6) is 0 Å². The molecule has 1 aliphatic heterocycles. The Balaban J connectivity index is 1.26. The third kappa shape index (κ3) is 4.08. The van der Waals surface area contributed by atoms with Crippen molar-refractivity contribution >= 4 is 11.6 Å². The van der Waals surface area contributed by atoms with Gasteiger partial charge in [0.2, 0.25) is 5.95 Å². The van der Waals surface area contributed by atoms with Crippen molar-refractivity contribution in [2.45, 2.75) is 25.7 Å². The molecule has 3 unspecified atom stereocenters. The highest BCUT2D eigenvalue weighted by atomic mass is 19.1. The first-order valence-electron chi connectivity index (χ1n) is 11.8. The highest BCUT2D eigenvalue weighted by Gasteiger charge is 2.47. The van der Waals surface area contributed by atoms with Crippen molar-refractivity contribution < 1.29 is 4.39 Å². The van der Waals surface area contributed by atoms with E-state index in [1.165, 1.54) is 12.0 Å². The fourth-order valence-corrected chi connectivity index (χ4v) is 5.64. The number of aryl methyl sites for hydroxylation is 1. The maximum absolute atomic E-state index is 13.3. The molecule has 5 nitrogen and oxygen atoms in total. The van der Waals surface area contributed by atoms with Crippen LogP contribution in [0.4, 0.5) is 16.0 Å². The zero-order valence-electron chi connectivity index (χ0n) is 19.5. The normalized spacial score (nSPS) is 22.1. The van der Waals surface area contributed by atoms with Crippen LogP contribution in [0.25, 0.3) is 0 Å². The number of benzene rings is 2. The zero-order valence-corrected chi connectivity index (χ0v) is 19.5. The van der Waals surface area contributed by atoms with Gasteiger partial charge >= 0.3 is 0 Å². The lowest BCUT2D eigenvalue weighted by Crippen LogP contribution is -2.33. The van der Waals surface area contributed by atoms with Crippen LogP contribution >= 0.6 is 0 Å². The van der Waals surface area contributed by atoms with Crippen molar-refractivity contribution in [1.29, 1.82) is 0 Å². The van der Waals surface area contributed by atoms with Crippen molar-refractivity contribution in [3.05, 3.63) is 87.6 Å². The Hall–Kier alpha value is -2.99. The molecule has 5 rings (SSSR count). The molecule has 0 spiro atoms. The number of para-hydroxylation sites is 1. The molecule has 0 N–H and O–H groups in total. The molecule has 3 aromatic rings. The van der Waals surface area contributed by atoms with Gasteiger partial charge in [-0.05, 0) is 67.3 Å². The van der Waals surface area contributed by atoms with E-state index < -0.39 is 0 Å². The quantitative estimate of drug-likeness (QED) is 0.567. The van der Waals surface area contributed by atoms with Crippen LogP contribution in [0.2, 0.25) is 0 Å². The molecule has 2 fully saturated rings. The predicted octanol–water partition coefficient (Wildman–Crippen LogP) is 4.27. The van der Waals surface area contributed by atoms with E-state index in [1.807, 2.05) is 61.3 Å². The molecule has 1 saturated heterocycles. The summed E-state index contributed by atoms with van der Waals surface area (Å²) >= 11 is 0. The second kappa shape index (κ2) is 8.75. The number of likely N-dealkylation sites (tertiary alicyclic amines) is 1. The third-order valence-corrected chi connectivity index (χ3v) is 7.63. The summed E-state index contributed by atoms with van der Waals surface area (Å²) in [4.78, 5) is 22.4. The van der Waals surface area contributed by atoms with Crippen LogP contribution in [0, 0.1) is 24.6 Å². The molecule has 33 heavy (non-hydrogen) atoms. The molecule has 1 aliphatic carbocycles. The zero-order chi connectivity index (χ0) is 23.1. The van der Waals surface area contributed by atoms with Gasteiger partial charge in [0.05, 0.1) is 5.69 Å². The molecule has 172 valence electrons. The van der Waals surface area contributed by atoms with E-state index in [0.29, 0.717) is 30.1 Å². The number of hydrogen-bond donors (Lipinski definition) is 0. The van der Waals surface area contributed by atoms with E-state index in [2.05, 4.69) is 4.90 Å². The summed E-state index contributed by atoms with van der Waals surface area (Å²) in [5.74, 6) is 2.36. The van der Waals surface area contributed by atoms with Gasteiger partial charge in [-0.1, -0.05) is 30.3 Å². The largest absolute Gasteiger partial charge is 0.315 e. The average molecular weight is 447 g/mol. The Morgan fingerprint density at radius 2 is 1.82 bits per heavy atom. The van der Waals surface area contributed by atoms with Gasteiger partial charge in [0.25, 0.3) is 5.56 Å². The summed E-state index contributed by atoms with van der Waals surface area (Å²) in [5.41, 5.74) is 3.90. The number of aromatic nitrogens is 2. The first-order chi connectivity index (χ1) is 15.9. The maximum atomic E-state index is 13.3. The minimum Gasteiger partial charge on any atom is -0.315 e. The van der Waals surface area contributed by atoms with Crippen molar-refractivity contribution in [3.8, 4) is 0 Å². The Kier molecular flexibility index (Phi) is 5.79. The molecule has 2 heterocycles. The van der Waals surface area contributed by atoms with Gasteiger partial charge in [-0.15, -0.1) is 0 Å². The van der Waals surface area contributed by atoms with Crippen LogP contribution in [0.3, 0.4) is 0 Å². The minimum atomic E-state index is -0.172. The topological polar surface area (TPSA) is 41.4 Å². The second-order valence-corrected chi connectivity index (χ2v) is 9.56. The molecule has 1 saturated carbocycles. The van der Waals surface area contributed by atoms with E-state index >= 15 is 0 Å². The molecule has 0 amide bonds. The Morgan fingerprint density at radius 1 is 1.09 bits per heavy atom. The SMILES string of the molecule is Cc1nc(N(C)c2ccccc2)n(C)c(=O)c1CCN1CC2CC(c3ccc(F)cc3)C2C1. The standard InChI is InChI=1S/C27H31FN4O/c1-18-23(26(33)31(3)27(29-18)30(2)22-7-5-4-6-8-22)13-14-32-16-20-15-24(25(20)17-32)19-9-11-21(28)12-10-19/h4-12,20,24-25H,13-17H2,1-3H3. The van der Waals surface area contributed by atoms with E-state index in [1.54, 1.807) is 23.7 Å². The van der Waals surface area contributed by atoms with Crippen molar-refractivity contribution in [1.82, 2.24) is 14.5 Å². The first-order valence-corrected chi connectivity index (χ1v) is 11.8. The Bertz CT molecular complexity index is 1190. The number of fused-ring (bicyclic) bond motifs is 1. The molecular weight excluding hydrogens is 415 g/mol. The molecule has 0 bridgehead atoms. The number of hydrogen-bond acceptors (Lipinski definition) is 4. The summed E-state index contributed by atoms with van der Waals surface area (Å²) < 4.78 is 14.9. The fourth-order valence-electron chi connectivity index (χ4n) is 5.64. The summed E-state index contributed by atoms with van der Waals surface area (Å²) in [6.07, 6.45) is 1.89. The lowest BCUT2D eigenvalue weighted by molar-refractivity contribution is 0.191. The fraction of sp³-hybridized carbons (Fsp3) is 0.407. The van der Waals surface area contributed by atoms with Gasteiger partial charge in [-0.25, -0.2) is 9.37 Å². The van der Waals surface area contributed by atoms with E-state index in [9.17, 15) is 9.18 Å². The highest BCUT2D eigenvalue weighted by Crippen LogP contribution is 2.51. The predicted molar refractivity (Wildman–Crippen MR) is 130 cm³/mol. The summed E-state index contributed by atoms with van der Waals surface area (Å²) in [6.45, 7) is 4.95. The van der Waals surface area contributed by atoms with Crippen molar-refractivity contribution in [3.63, 3.8) is 0 Å². The maximum Gasteiger partial charge on any atom is 0.258 e. The van der Waals surface area contributed by atoms with Crippen LogP contribution in [-0.2, 0) is 13.5 Å². The molecule has 2 aromatic carbocycles. The number of halogens is 1. The monoisotopic (exact) mass is 446 g/mol. The minimum absolute atomic E-state index is 0.0339. The van der Waals surface area contributed by atoms with Gasteiger partial charge in [0, 0.05) is 45.0 Å². The molecule has 1 aromatic heterocycles. The number of nitrogens with zero attached hydrogens (tertiary/aromatic N) is 4. The number of anilines is 2. The summed E-state index contributed by atoms with van der Waals surface area (Å²) in [7, 11) is 3.74. The van der Waals surface area contributed by atoms with E-state index in [4.69, 9.17) is 4.98 Å². The van der Waals surface area contributed by atoms with Crippen LogP contribution < -0.4 is 10.5 Å². The van der Waals surface area contributed by atoms with E-state index in [0.717, 1.165) is 36.6 Å². The van der Waals surface area contributed by atoms with Gasteiger partial charge < -0.3 is 9.80 Å². The van der Waals surface area contributed by atoms with Gasteiger partial charge in [0.1, 0.15) is 5.82 Å². The molecule has 0 radical (unpaired) electrons. The molecule has 3 atom stereocenters. The molecule has 6 heteroatoms. The van der Waals surface area contributed by atoms with E-state index in [-0.39, 0.29) is 11.4 Å². The summed E-state index contributed by atoms with van der Waals surface area (Å²) in [5, 5.41) is 0. The van der Waals surface area contributed by atoms with Gasteiger partial charge in [-0.3, -0.25) is 9.36 Å². The van der Waals surface area contributed by atoms with Crippen LogP contribution in [0.1, 0.15) is 29.2 Å². The molecule has 2 aliphatic rings. The van der Waals surface area contributed by atoms with Crippen LogP contribution in [-0.4, -0.2) is 41.1 Å². The van der Waals surface area contributed by atoms with Gasteiger partial charge in [-0.2, -0.15) is 0 Å². The first kappa shape index (κ1) is 21.8. The average Bonchev–Trinajstić information content (AvgIpc) is 3.13. The van der Waals surface area contributed by atoms with Gasteiger partial charge in [0.15, 0.2) is 0 Å². The van der Waals surface area contributed by atoms with Crippen molar-refractivity contribution in [2.75, 3.05) is 31.6 Å². The van der Waals surface area contributed by atoms with Crippen molar-refractivity contribution in [2.24, 2.45) is 18.9 Å². The Labute approximate surface area is 194 Å². The van der Waals surface area contributed by atoms with Crippen LogP contribution in [0.15, 0.2) is 59.4 Å².